The minimum absolute atomic E-state index is 0.0215. The zero-order valence-corrected chi connectivity index (χ0v) is 33.0. The van der Waals surface area contributed by atoms with E-state index in [1.165, 1.54) is 0 Å². The first-order valence-corrected chi connectivity index (χ1v) is 19.7. The van der Waals surface area contributed by atoms with Gasteiger partial charge in [0.15, 0.2) is 5.60 Å². The highest BCUT2D eigenvalue weighted by Crippen LogP contribution is 2.61. The molecule has 1 atom stereocenters. The van der Waals surface area contributed by atoms with Crippen molar-refractivity contribution in [2.45, 2.75) is 44.9 Å². The van der Waals surface area contributed by atoms with Crippen molar-refractivity contribution in [2.75, 3.05) is 0 Å². The minimum atomic E-state index is -1.68. The maximum atomic E-state index is 14.0. The number of rotatable bonds is 12. The van der Waals surface area contributed by atoms with Gasteiger partial charge in [0.2, 0.25) is 0 Å². The molecule has 1 spiro atoms. The number of hydrogen-bond donors (Lipinski definition) is 2. The number of benzene rings is 3. The molecule has 6 heterocycles. The lowest BCUT2D eigenvalue weighted by Crippen LogP contribution is -2.35. The molecule has 0 radical (unpaired) electrons. The number of aromatic nitrogens is 4. The van der Waals surface area contributed by atoms with E-state index in [2.05, 4.69) is 29.7 Å². The third-order valence-corrected chi connectivity index (χ3v) is 11.1. The second-order valence-corrected chi connectivity index (χ2v) is 15.2. The van der Waals surface area contributed by atoms with Gasteiger partial charge in [-0.3, -0.25) is 29.7 Å². The molecule has 3 aromatic carbocycles. The SMILES string of the molecule is O=C1OC2(c3ccc(O)c(CN(Cc4ccccn4)Cc4ccccn4)c3Oc3c2cc(Cl)c(O)c3CN(Cc2ccccn2)Cc2ccccn2)c2c(Cl)cccc21. The molecule has 2 aliphatic rings. The molecule has 0 aliphatic carbocycles. The molecule has 2 aliphatic heterocycles. The van der Waals surface area contributed by atoms with Crippen LogP contribution in [0, 0.1) is 0 Å². The van der Waals surface area contributed by atoms with E-state index in [9.17, 15) is 15.0 Å². The van der Waals surface area contributed by atoms with E-state index >= 15 is 0 Å². The molecule has 0 amide bonds. The molecule has 0 fully saturated rings. The van der Waals surface area contributed by atoms with E-state index in [0.29, 0.717) is 54.0 Å². The van der Waals surface area contributed by atoms with Crippen molar-refractivity contribution < 1.29 is 24.5 Å². The van der Waals surface area contributed by atoms with Gasteiger partial charge in [-0.25, -0.2) is 4.79 Å². The molecular weight excluding hydrogens is 787 g/mol. The van der Waals surface area contributed by atoms with Crippen molar-refractivity contribution in [1.29, 1.82) is 0 Å². The largest absolute Gasteiger partial charge is 0.507 e. The number of phenolic OH excluding ortho intramolecular Hbond substituents is 2. The topological polar surface area (TPSA) is 134 Å². The first-order valence-electron chi connectivity index (χ1n) is 18.9. The summed E-state index contributed by atoms with van der Waals surface area (Å²) in [5.41, 5.74) is 3.74. The van der Waals surface area contributed by atoms with Crippen molar-refractivity contribution in [3.05, 3.63) is 200 Å². The zero-order valence-electron chi connectivity index (χ0n) is 31.5. The van der Waals surface area contributed by atoms with Crippen molar-refractivity contribution in [2.24, 2.45) is 0 Å². The fourth-order valence-electron chi connectivity index (χ4n) is 7.95. The Morgan fingerprint density at radius 2 is 1.07 bits per heavy atom. The van der Waals surface area contributed by atoms with Gasteiger partial charge in [0, 0.05) is 85.8 Å². The zero-order chi connectivity index (χ0) is 40.5. The molecule has 59 heavy (non-hydrogen) atoms. The highest BCUT2D eigenvalue weighted by atomic mass is 35.5. The van der Waals surface area contributed by atoms with Crippen LogP contribution < -0.4 is 4.74 Å². The smallest absolute Gasteiger partial charge is 0.340 e. The molecule has 2 N–H and O–H groups in total. The van der Waals surface area contributed by atoms with E-state index in [0.717, 1.165) is 22.8 Å². The lowest BCUT2D eigenvalue weighted by molar-refractivity contribution is 0.0221. The fraction of sp³-hybridized carbons (Fsp3) is 0.152. The van der Waals surface area contributed by atoms with Crippen LogP contribution in [-0.4, -0.2) is 45.9 Å². The van der Waals surface area contributed by atoms with Gasteiger partial charge >= 0.3 is 5.97 Å². The molecule has 4 aromatic heterocycles. The number of pyridine rings is 4. The van der Waals surface area contributed by atoms with Crippen LogP contribution >= 0.6 is 23.2 Å². The van der Waals surface area contributed by atoms with Crippen LogP contribution in [0.1, 0.15) is 61.0 Å². The van der Waals surface area contributed by atoms with Gasteiger partial charge in [-0.2, -0.15) is 0 Å². The summed E-state index contributed by atoms with van der Waals surface area (Å²) >= 11 is 14.0. The normalized spacial score (nSPS) is 15.2. The number of aromatic hydroxyl groups is 2. The van der Waals surface area contributed by atoms with E-state index in [1.807, 2.05) is 72.8 Å². The highest BCUT2D eigenvalue weighted by Gasteiger charge is 2.56. The molecule has 294 valence electrons. The summed E-state index contributed by atoms with van der Waals surface area (Å²) < 4.78 is 13.5. The summed E-state index contributed by atoms with van der Waals surface area (Å²) in [6.45, 7) is 1.84. The van der Waals surface area contributed by atoms with E-state index in [4.69, 9.17) is 32.7 Å². The predicted molar refractivity (Wildman–Crippen MR) is 221 cm³/mol. The van der Waals surface area contributed by atoms with Crippen molar-refractivity contribution in [3.63, 3.8) is 0 Å². The molecular formula is C46H36Cl2N6O5. The van der Waals surface area contributed by atoms with Gasteiger partial charge in [-0.15, -0.1) is 0 Å². The Balaban J connectivity index is 1.23. The Bertz CT molecular complexity index is 2580. The molecule has 0 saturated heterocycles. The average Bonchev–Trinajstić information content (AvgIpc) is 3.55. The molecule has 9 rings (SSSR count). The first kappa shape index (κ1) is 38.2. The molecule has 7 aromatic rings. The maximum absolute atomic E-state index is 14.0. The summed E-state index contributed by atoms with van der Waals surface area (Å²) in [6, 6.07) is 32.7. The summed E-state index contributed by atoms with van der Waals surface area (Å²) in [5.74, 6) is -0.410. The minimum Gasteiger partial charge on any atom is -0.507 e. The summed E-state index contributed by atoms with van der Waals surface area (Å²) in [7, 11) is 0. The molecule has 1 unspecified atom stereocenters. The standard InChI is InChI=1S/C46H36Cl2N6O5/c47-38-15-9-14-33-41(38)46(59-45(33)57)36-16-17-40(55)34(27-53(23-29-10-1-5-18-49-29)24-30-11-2-6-19-50-30)43(36)58-44-35(42(56)39(48)22-37(44)46)28-54(25-31-12-3-7-20-51-31)26-32-13-4-8-21-52-32/h1-22,55-56H,23-28H2. The Morgan fingerprint density at radius 1 is 0.559 bits per heavy atom. The van der Waals surface area contributed by atoms with Gasteiger partial charge in [0.1, 0.15) is 23.0 Å². The lowest BCUT2D eigenvalue weighted by atomic mass is 9.76. The number of carbonyl (C=O) groups is 1. The Morgan fingerprint density at radius 3 is 1.58 bits per heavy atom. The Hall–Kier alpha value is -6.37. The predicted octanol–water partition coefficient (Wildman–Crippen LogP) is 8.96. The third kappa shape index (κ3) is 7.34. The van der Waals surface area contributed by atoms with Gasteiger partial charge < -0.3 is 19.7 Å². The van der Waals surface area contributed by atoms with Crippen LogP contribution in [0.3, 0.4) is 0 Å². The van der Waals surface area contributed by atoms with Crippen LogP contribution in [0.4, 0.5) is 0 Å². The number of carbonyl (C=O) groups excluding carboxylic acids is 1. The van der Waals surface area contributed by atoms with Crippen molar-refractivity contribution >= 4 is 29.2 Å². The number of ether oxygens (including phenoxy) is 2. The molecule has 0 bridgehead atoms. The number of halogens is 2. The van der Waals surface area contributed by atoms with Crippen molar-refractivity contribution in [1.82, 2.24) is 29.7 Å². The summed E-state index contributed by atoms with van der Waals surface area (Å²) in [4.78, 5) is 36.4. The van der Waals surface area contributed by atoms with Gasteiger partial charge in [0.25, 0.3) is 0 Å². The first-order chi connectivity index (χ1) is 28.8. The van der Waals surface area contributed by atoms with E-state index in [-0.39, 0.29) is 51.7 Å². The Labute approximate surface area is 350 Å². The molecule has 13 heteroatoms. The lowest BCUT2D eigenvalue weighted by Gasteiger charge is -2.39. The third-order valence-electron chi connectivity index (χ3n) is 10.5. The van der Waals surface area contributed by atoms with Gasteiger partial charge in [-0.1, -0.05) is 53.5 Å². The number of hydrogen-bond acceptors (Lipinski definition) is 11. The quantitative estimate of drug-likeness (QED) is 0.114. The van der Waals surface area contributed by atoms with Crippen molar-refractivity contribution in [3.8, 4) is 23.0 Å². The van der Waals surface area contributed by atoms with Gasteiger partial charge in [0.05, 0.1) is 44.5 Å². The number of phenols is 2. The van der Waals surface area contributed by atoms with E-state index in [1.54, 1.807) is 61.2 Å². The number of esters is 1. The van der Waals surface area contributed by atoms with Crippen LogP contribution in [0.15, 0.2) is 134 Å². The van der Waals surface area contributed by atoms with Crippen LogP contribution in [0.25, 0.3) is 0 Å². The monoisotopic (exact) mass is 822 g/mol. The van der Waals surface area contributed by atoms with Crippen LogP contribution in [0.5, 0.6) is 23.0 Å². The second-order valence-electron chi connectivity index (χ2n) is 14.4. The number of fused-ring (bicyclic) bond motifs is 6. The summed E-state index contributed by atoms with van der Waals surface area (Å²) in [5, 5.41) is 24.0. The van der Waals surface area contributed by atoms with Gasteiger partial charge in [-0.05, 0) is 78.9 Å². The molecule has 0 saturated carbocycles. The molecule has 11 nitrogen and oxygen atoms in total. The van der Waals surface area contributed by atoms with Crippen LogP contribution in [-0.2, 0) is 49.6 Å². The second kappa shape index (κ2) is 16.1. The maximum Gasteiger partial charge on any atom is 0.340 e. The highest BCUT2D eigenvalue weighted by molar-refractivity contribution is 6.33. The van der Waals surface area contributed by atoms with Crippen LogP contribution in [0.2, 0.25) is 10.0 Å². The fourth-order valence-corrected chi connectivity index (χ4v) is 8.48. The average molecular weight is 824 g/mol. The summed E-state index contributed by atoms with van der Waals surface area (Å²) in [6.07, 6.45) is 6.93. The van der Waals surface area contributed by atoms with E-state index < -0.39 is 11.6 Å². The Kier molecular flexibility index (Phi) is 10.4. The number of nitrogens with zero attached hydrogens (tertiary/aromatic N) is 6.